The van der Waals surface area contributed by atoms with Crippen LogP contribution in [-0.2, 0) is 4.79 Å². The monoisotopic (exact) mass is 413 g/mol. The summed E-state index contributed by atoms with van der Waals surface area (Å²) >= 11 is 3.06. The normalized spacial score (nSPS) is 15.8. The predicted octanol–water partition coefficient (Wildman–Crippen LogP) is 4.00. The van der Waals surface area contributed by atoms with Crippen LogP contribution in [0, 0.1) is 0 Å². The van der Waals surface area contributed by atoms with Crippen molar-refractivity contribution in [2.45, 2.75) is 18.1 Å². The number of nitrogens with zero attached hydrogens (tertiary/aromatic N) is 3. The van der Waals surface area contributed by atoms with Gasteiger partial charge in [-0.2, -0.15) is 4.98 Å². The maximum absolute atomic E-state index is 13.2. The van der Waals surface area contributed by atoms with Gasteiger partial charge in [0.2, 0.25) is 11.1 Å². The third-order valence-corrected chi connectivity index (χ3v) is 5.88. The molecule has 0 saturated carbocycles. The number of aromatic nitrogens is 3. The molecular formula is C19H19N5O2S2. The highest BCUT2D eigenvalue weighted by molar-refractivity contribution is 7.98. The van der Waals surface area contributed by atoms with E-state index in [1.165, 1.54) is 11.8 Å². The molecule has 1 atom stereocenters. The van der Waals surface area contributed by atoms with E-state index in [9.17, 15) is 4.79 Å². The number of anilines is 2. The first-order valence-electron chi connectivity index (χ1n) is 8.58. The Balaban J connectivity index is 1.71. The fraction of sp³-hybridized carbons (Fsp3) is 0.211. The molecule has 1 aliphatic heterocycles. The minimum absolute atomic E-state index is 0.180. The molecule has 7 nitrogen and oxygen atoms in total. The van der Waals surface area contributed by atoms with Crippen molar-refractivity contribution < 1.29 is 9.53 Å². The molecule has 1 unspecified atom stereocenters. The largest absolute Gasteiger partial charge is 0.497 e. The van der Waals surface area contributed by atoms with E-state index in [0.717, 1.165) is 16.3 Å². The maximum Gasteiger partial charge on any atom is 0.255 e. The number of hydrogen-bond donors (Lipinski definition) is 2. The van der Waals surface area contributed by atoms with Crippen molar-refractivity contribution in [2.75, 3.05) is 24.0 Å². The molecule has 0 fully saturated rings. The summed E-state index contributed by atoms with van der Waals surface area (Å²) in [6.07, 6.45) is 1.93. The summed E-state index contributed by atoms with van der Waals surface area (Å²) < 4.78 is 6.96. The third-order valence-electron chi connectivity index (χ3n) is 4.42. The minimum atomic E-state index is -0.331. The molecule has 0 spiro atoms. The Labute approximate surface area is 170 Å². The van der Waals surface area contributed by atoms with E-state index in [4.69, 9.17) is 4.74 Å². The van der Waals surface area contributed by atoms with E-state index < -0.39 is 0 Å². The molecule has 144 valence electrons. The van der Waals surface area contributed by atoms with Gasteiger partial charge in [0.1, 0.15) is 11.8 Å². The zero-order valence-corrected chi connectivity index (χ0v) is 17.2. The molecule has 0 bridgehead atoms. The van der Waals surface area contributed by atoms with E-state index >= 15 is 0 Å². The Morgan fingerprint density at radius 2 is 2.11 bits per heavy atom. The Bertz CT molecular complexity index is 1030. The van der Waals surface area contributed by atoms with Crippen LogP contribution in [0.5, 0.6) is 5.75 Å². The average Bonchev–Trinajstić information content (AvgIpc) is 3.37. The van der Waals surface area contributed by atoms with Gasteiger partial charge in [-0.1, -0.05) is 17.8 Å². The number of nitrogens with one attached hydrogen (secondary N) is 2. The number of amides is 1. The summed E-state index contributed by atoms with van der Waals surface area (Å²) in [7, 11) is 1.61. The molecule has 2 N–H and O–H groups in total. The standard InChI is InChI=1S/C19H19N5O2S2/c1-11-15(17(25)21-12-6-8-13(26-2)9-7-12)16(14-5-4-10-28-14)24-18(20-11)22-19(23-24)27-3/h4-10,16H,1-3H3,(H,21,25)(H,20,22,23). The van der Waals surface area contributed by atoms with Crippen LogP contribution in [0.25, 0.3) is 0 Å². The summed E-state index contributed by atoms with van der Waals surface area (Å²) in [5, 5.41) is 13.4. The average molecular weight is 414 g/mol. The Morgan fingerprint density at radius 1 is 1.32 bits per heavy atom. The number of benzene rings is 1. The number of hydrogen-bond acceptors (Lipinski definition) is 7. The molecule has 1 aliphatic rings. The molecule has 3 heterocycles. The summed E-state index contributed by atoms with van der Waals surface area (Å²) in [6.45, 7) is 1.89. The number of ether oxygens (including phenoxy) is 1. The maximum atomic E-state index is 13.2. The number of methoxy groups -OCH3 is 1. The van der Waals surface area contributed by atoms with Crippen molar-refractivity contribution in [2.24, 2.45) is 0 Å². The third kappa shape index (κ3) is 3.38. The first kappa shape index (κ1) is 18.6. The van der Waals surface area contributed by atoms with Gasteiger partial charge in [-0.15, -0.1) is 16.4 Å². The molecule has 0 radical (unpaired) electrons. The van der Waals surface area contributed by atoms with E-state index in [-0.39, 0.29) is 11.9 Å². The molecule has 4 rings (SSSR count). The lowest BCUT2D eigenvalue weighted by molar-refractivity contribution is -0.113. The van der Waals surface area contributed by atoms with Gasteiger partial charge in [-0.3, -0.25) is 4.79 Å². The van der Waals surface area contributed by atoms with Gasteiger partial charge in [0, 0.05) is 16.3 Å². The van der Waals surface area contributed by atoms with E-state index in [0.29, 0.717) is 22.4 Å². The Hall–Kier alpha value is -2.78. The summed E-state index contributed by atoms with van der Waals surface area (Å²) in [5.41, 5.74) is 2.07. The van der Waals surface area contributed by atoms with Gasteiger partial charge in [-0.05, 0) is 48.9 Å². The van der Waals surface area contributed by atoms with Crippen molar-refractivity contribution in [1.29, 1.82) is 0 Å². The van der Waals surface area contributed by atoms with Crippen LogP contribution in [0.15, 0.2) is 58.2 Å². The van der Waals surface area contributed by atoms with Crippen molar-refractivity contribution in [1.82, 2.24) is 14.8 Å². The molecule has 28 heavy (non-hydrogen) atoms. The Kier molecular flexibility index (Phi) is 5.10. The zero-order chi connectivity index (χ0) is 19.7. The highest BCUT2D eigenvalue weighted by Gasteiger charge is 2.34. The molecule has 3 aromatic rings. The second kappa shape index (κ2) is 7.69. The van der Waals surface area contributed by atoms with Gasteiger partial charge in [0.25, 0.3) is 5.91 Å². The number of fused-ring (bicyclic) bond motifs is 1. The summed E-state index contributed by atoms with van der Waals surface area (Å²) in [5.74, 6) is 1.20. The van der Waals surface area contributed by atoms with Gasteiger partial charge in [-0.25, -0.2) is 4.68 Å². The van der Waals surface area contributed by atoms with Crippen LogP contribution >= 0.6 is 23.1 Å². The van der Waals surface area contributed by atoms with Crippen LogP contribution in [0.4, 0.5) is 11.6 Å². The van der Waals surface area contributed by atoms with Crippen molar-refractivity contribution in [3.05, 3.63) is 57.9 Å². The topological polar surface area (TPSA) is 81.1 Å². The SMILES string of the molecule is COc1ccc(NC(=O)C2=C(C)Nc3nc(SC)nn3C2c2cccs2)cc1. The first-order valence-corrected chi connectivity index (χ1v) is 10.7. The van der Waals surface area contributed by atoms with Crippen molar-refractivity contribution in [3.8, 4) is 5.75 Å². The van der Waals surface area contributed by atoms with Gasteiger partial charge < -0.3 is 15.4 Å². The number of thioether (sulfide) groups is 1. The number of thiophene rings is 1. The van der Waals surface area contributed by atoms with Gasteiger partial charge in [0.15, 0.2) is 0 Å². The van der Waals surface area contributed by atoms with Crippen LogP contribution in [-0.4, -0.2) is 34.0 Å². The lowest BCUT2D eigenvalue weighted by Gasteiger charge is -2.27. The van der Waals surface area contributed by atoms with Crippen molar-refractivity contribution in [3.63, 3.8) is 0 Å². The second-order valence-corrected chi connectivity index (χ2v) is 7.88. The number of carbonyl (C=O) groups is 1. The number of rotatable bonds is 5. The fourth-order valence-electron chi connectivity index (χ4n) is 3.09. The van der Waals surface area contributed by atoms with Crippen LogP contribution in [0.3, 0.4) is 0 Å². The zero-order valence-electron chi connectivity index (χ0n) is 15.6. The summed E-state index contributed by atoms with van der Waals surface area (Å²) in [6, 6.07) is 10.9. The quantitative estimate of drug-likeness (QED) is 0.616. The fourth-order valence-corrected chi connectivity index (χ4v) is 4.26. The van der Waals surface area contributed by atoms with Crippen LogP contribution < -0.4 is 15.4 Å². The predicted molar refractivity (Wildman–Crippen MR) is 112 cm³/mol. The van der Waals surface area contributed by atoms with E-state index in [1.807, 2.05) is 55.0 Å². The van der Waals surface area contributed by atoms with E-state index in [1.54, 1.807) is 23.1 Å². The van der Waals surface area contributed by atoms with Crippen LogP contribution in [0.1, 0.15) is 17.8 Å². The number of allylic oxidation sites excluding steroid dienone is 1. The highest BCUT2D eigenvalue weighted by atomic mass is 32.2. The molecule has 0 aliphatic carbocycles. The van der Waals surface area contributed by atoms with Crippen molar-refractivity contribution >= 4 is 40.6 Å². The lowest BCUT2D eigenvalue weighted by atomic mass is 10.0. The number of carbonyl (C=O) groups excluding carboxylic acids is 1. The first-order chi connectivity index (χ1) is 13.6. The van der Waals surface area contributed by atoms with E-state index in [2.05, 4.69) is 20.7 Å². The highest BCUT2D eigenvalue weighted by Crippen LogP contribution is 2.38. The molecule has 9 heteroatoms. The Morgan fingerprint density at radius 3 is 2.75 bits per heavy atom. The molecule has 0 saturated heterocycles. The van der Waals surface area contributed by atoms with Gasteiger partial charge >= 0.3 is 0 Å². The summed E-state index contributed by atoms with van der Waals surface area (Å²) in [4.78, 5) is 18.8. The smallest absolute Gasteiger partial charge is 0.255 e. The lowest BCUT2D eigenvalue weighted by Crippen LogP contribution is -2.31. The van der Waals surface area contributed by atoms with Gasteiger partial charge in [0.05, 0.1) is 12.7 Å². The molecule has 1 amide bonds. The second-order valence-electron chi connectivity index (χ2n) is 6.13. The molecule has 2 aromatic heterocycles. The minimum Gasteiger partial charge on any atom is -0.497 e. The van der Waals surface area contributed by atoms with Crippen LogP contribution in [0.2, 0.25) is 0 Å². The molecule has 1 aromatic carbocycles. The molecular weight excluding hydrogens is 394 g/mol.